The molecule has 146 valence electrons. The molecule has 3 aromatic heterocycles. The molecule has 0 unspecified atom stereocenters. The topological polar surface area (TPSA) is 97.3 Å². The predicted octanol–water partition coefficient (Wildman–Crippen LogP) is 3.53. The van der Waals surface area contributed by atoms with Gasteiger partial charge in [0.2, 0.25) is 0 Å². The van der Waals surface area contributed by atoms with E-state index >= 15 is 0 Å². The molecule has 2 N–H and O–H groups in total. The average molecular weight is 378 g/mol. The SMILES string of the molecule is C=C(CC)c1cc(NC)c(C=N)c(-c2nc(-c3cc(C)nn3CC)nn2C)n1. The van der Waals surface area contributed by atoms with Crippen LogP contribution in [0.5, 0.6) is 0 Å². The third-order valence-electron chi connectivity index (χ3n) is 4.67. The molecule has 3 aromatic rings. The van der Waals surface area contributed by atoms with Crippen LogP contribution in [0.1, 0.15) is 37.2 Å². The van der Waals surface area contributed by atoms with Crippen molar-refractivity contribution >= 4 is 17.5 Å². The molecule has 3 rings (SSSR count). The van der Waals surface area contributed by atoms with E-state index in [1.807, 2.05) is 51.7 Å². The van der Waals surface area contributed by atoms with Gasteiger partial charge in [-0.3, -0.25) is 4.68 Å². The van der Waals surface area contributed by atoms with Crippen molar-refractivity contribution in [3.63, 3.8) is 0 Å². The number of allylic oxidation sites excluding steroid dienone is 1. The molecule has 0 atom stereocenters. The van der Waals surface area contributed by atoms with Crippen LogP contribution in [-0.4, -0.2) is 42.8 Å². The summed E-state index contributed by atoms with van der Waals surface area (Å²) in [6, 6.07) is 3.89. The summed E-state index contributed by atoms with van der Waals surface area (Å²) in [5.41, 5.74) is 5.57. The zero-order valence-electron chi connectivity index (χ0n) is 17.0. The minimum atomic E-state index is 0.586. The van der Waals surface area contributed by atoms with Crippen molar-refractivity contribution in [2.24, 2.45) is 7.05 Å². The first-order chi connectivity index (χ1) is 13.4. The monoisotopic (exact) mass is 378 g/mol. The second-order valence-corrected chi connectivity index (χ2v) is 6.54. The summed E-state index contributed by atoms with van der Waals surface area (Å²) >= 11 is 0. The van der Waals surface area contributed by atoms with Crippen molar-refractivity contribution in [1.29, 1.82) is 5.41 Å². The molecule has 8 nitrogen and oxygen atoms in total. The number of anilines is 1. The van der Waals surface area contributed by atoms with E-state index in [4.69, 9.17) is 15.4 Å². The maximum Gasteiger partial charge on any atom is 0.200 e. The summed E-state index contributed by atoms with van der Waals surface area (Å²) in [6.45, 7) is 10.9. The Hall–Kier alpha value is -3.29. The van der Waals surface area contributed by atoms with Gasteiger partial charge in [0, 0.05) is 38.1 Å². The fourth-order valence-electron chi connectivity index (χ4n) is 3.11. The standard InChI is InChI=1S/C20H26N8/c1-7-12(3)15-10-16(22-5)14(11-21)18(23-15)20-24-19(26-27(20)6)17-9-13(4)25-28(17)8-2/h9-11,21H,3,7-8H2,1-2,4-6H3,(H,22,23). The van der Waals surface area contributed by atoms with Crippen LogP contribution in [0.15, 0.2) is 18.7 Å². The maximum atomic E-state index is 7.91. The van der Waals surface area contributed by atoms with E-state index in [2.05, 4.69) is 22.1 Å². The number of nitrogens with one attached hydrogen (secondary N) is 2. The van der Waals surface area contributed by atoms with Gasteiger partial charge in [-0.25, -0.2) is 14.6 Å². The summed E-state index contributed by atoms with van der Waals surface area (Å²) in [5, 5.41) is 20.1. The number of hydrogen-bond acceptors (Lipinski definition) is 6. The minimum Gasteiger partial charge on any atom is -0.387 e. The zero-order chi connectivity index (χ0) is 20.4. The van der Waals surface area contributed by atoms with Gasteiger partial charge in [0.25, 0.3) is 0 Å². The van der Waals surface area contributed by atoms with Crippen LogP contribution in [0.4, 0.5) is 5.69 Å². The van der Waals surface area contributed by atoms with Crippen LogP contribution in [0.25, 0.3) is 28.6 Å². The largest absolute Gasteiger partial charge is 0.387 e. The highest BCUT2D eigenvalue weighted by Gasteiger charge is 2.21. The Balaban J connectivity index is 2.22. The molecule has 0 spiro atoms. The fourth-order valence-corrected chi connectivity index (χ4v) is 3.11. The zero-order valence-corrected chi connectivity index (χ0v) is 17.0. The molecule has 0 saturated heterocycles. The second kappa shape index (κ2) is 7.75. The Morgan fingerprint density at radius 2 is 2.00 bits per heavy atom. The third-order valence-corrected chi connectivity index (χ3v) is 4.67. The van der Waals surface area contributed by atoms with Crippen LogP contribution >= 0.6 is 0 Å². The lowest BCUT2D eigenvalue weighted by Gasteiger charge is -2.13. The summed E-state index contributed by atoms with van der Waals surface area (Å²) in [7, 11) is 3.66. The molecule has 0 aliphatic rings. The number of hydrogen-bond donors (Lipinski definition) is 2. The lowest BCUT2D eigenvalue weighted by Crippen LogP contribution is -2.06. The Kier molecular flexibility index (Phi) is 5.39. The maximum absolute atomic E-state index is 7.91. The third kappa shape index (κ3) is 3.33. The van der Waals surface area contributed by atoms with Gasteiger partial charge >= 0.3 is 0 Å². The van der Waals surface area contributed by atoms with Crippen LogP contribution in [0.3, 0.4) is 0 Å². The van der Waals surface area contributed by atoms with Crippen molar-refractivity contribution in [3.8, 4) is 23.0 Å². The Morgan fingerprint density at radius 3 is 2.61 bits per heavy atom. The van der Waals surface area contributed by atoms with Crippen molar-refractivity contribution < 1.29 is 0 Å². The molecule has 3 heterocycles. The Bertz CT molecular complexity index is 1040. The predicted molar refractivity (Wildman–Crippen MR) is 113 cm³/mol. The van der Waals surface area contributed by atoms with Crippen LogP contribution < -0.4 is 5.32 Å². The van der Waals surface area contributed by atoms with Gasteiger partial charge in [-0.15, -0.1) is 5.10 Å². The van der Waals surface area contributed by atoms with Gasteiger partial charge < -0.3 is 10.7 Å². The minimum absolute atomic E-state index is 0.586. The van der Waals surface area contributed by atoms with Gasteiger partial charge in [-0.2, -0.15) is 5.10 Å². The molecule has 0 amide bonds. The van der Waals surface area contributed by atoms with E-state index in [9.17, 15) is 0 Å². The molecule has 8 heteroatoms. The van der Waals surface area contributed by atoms with Crippen molar-refractivity contribution in [2.45, 2.75) is 33.7 Å². The van der Waals surface area contributed by atoms with Gasteiger partial charge in [-0.1, -0.05) is 13.5 Å². The number of nitrogens with zero attached hydrogens (tertiary/aromatic N) is 6. The first kappa shape index (κ1) is 19.5. The van der Waals surface area contributed by atoms with E-state index < -0.39 is 0 Å². The fraction of sp³-hybridized carbons (Fsp3) is 0.350. The molecule has 0 saturated carbocycles. The molecule has 0 fully saturated rings. The Morgan fingerprint density at radius 1 is 1.25 bits per heavy atom. The molecule has 28 heavy (non-hydrogen) atoms. The normalized spacial score (nSPS) is 10.9. The molecule has 0 aromatic carbocycles. The van der Waals surface area contributed by atoms with Crippen LogP contribution in [-0.2, 0) is 13.6 Å². The van der Waals surface area contributed by atoms with Crippen molar-refractivity contribution in [2.75, 3.05) is 12.4 Å². The summed E-state index contributed by atoms with van der Waals surface area (Å²) in [4.78, 5) is 9.52. The van der Waals surface area contributed by atoms with Crippen LogP contribution in [0.2, 0.25) is 0 Å². The highest BCUT2D eigenvalue weighted by Crippen LogP contribution is 2.30. The lowest BCUT2D eigenvalue weighted by molar-refractivity contribution is 0.656. The number of rotatable bonds is 7. The van der Waals surface area contributed by atoms with Gasteiger partial charge in [0.1, 0.15) is 11.4 Å². The van der Waals surface area contributed by atoms with Crippen molar-refractivity contribution in [3.05, 3.63) is 35.7 Å². The van der Waals surface area contributed by atoms with Crippen molar-refractivity contribution in [1.82, 2.24) is 29.5 Å². The highest BCUT2D eigenvalue weighted by molar-refractivity contribution is 5.94. The number of aryl methyl sites for hydroxylation is 3. The van der Waals surface area contributed by atoms with Crippen LogP contribution in [0, 0.1) is 12.3 Å². The smallest absolute Gasteiger partial charge is 0.200 e. The summed E-state index contributed by atoms with van der Waals surface area (Å²) in [5.74, 6) is 1.18. The second-order valence-electron chi connectivity index (χ2n) is 6.54. The highest BCUT2D eigenvalue weighted by atomic mass is 15.4. The average Bonchev–Trinajstić information content (AvgIpc) is 3.28. The van der Waals surface area contributed by atoms with E-state index in [1.54, 1.807) is 4.68 Å². The quantitative estimate of drug-likeness (QED) is 0.613. The van der Waals surface area contributed by atoms with Gasteiger partial charge in [-0.05, 0) is 38.0 Å². The van der Waals surface area contributed by atoms with Gasteiger partial charge in [0.05, 0.1) is 11.4 Å². The molecule has 0 aliphatic heterocycles. The molecule has 0 bridgehead atoms. The first-order valence-electron chi connectivity index (χ1n) is 9.31. The summed E-state index contributed by atoms with van der Waals surface area (Å²) < 4.78 is 3.58. The molecular formula is C20H26N8. The lowest BCUT2D eigenvalue weighted by atomic mass is 10.1. The number of pyridine rings is 1. The van der Waals surface area contributed by atoms with E-state index in [0.29, 0.717) is 22.9 Å². The van der Waals surface area contributed by atoms with E-state index in [0.717, 1.165) is 41.3 Å². The molecule has 0 aliphatic carbocycles. The van der Waals surface area contributed by atoms with Gasteiger partial charge in [0.15, 0.2) is 11.6 Å². The molecule has 0 radical (unpaired) electrons. The van der Waals surface area contributed by atoms with E-state index in [1.165, 1.54) is 6.21 Å². The molecular weight excluding hydrogens is 352 g/mol. The Labute approximate surface area is 164 Å². The first-order valence-corrected chi connectivity index (χ1v) is 9.31. The van der Waals surface area contributed by atoms with E-state index in [-0.39, 0.29) is 0 Å². The number of aromatic nitrogens is 6. The summed E-state index contributed by atoms with van der Waals surface area (Å²) in [6.07, 6.45) is 2.08.